The molecule has 1 saturated heterocycles. The van der Waals surface area contributed by atoms with E-state index in [-0.39, 0.29) is 77.7 Å². The average molecular weight is 639 g/mol. The molecule has 0 bridgehead atoms. The molecule has 4 N–H and O–H groups in total. The van der Waals surface area contributed by atoms with Crippen LogP contribution in [0.5, 0.6) is 5.75 Å². The highest BCUT2D eigenvalue weighted by Crippen LogP contribution is 2.38. The van der Waals surface area contributed by atoms with Crippen molar-refractivity contribution >= 4 is 35.4 Å². The predicted molar refractivity (Wildman–Crippen MR) is 157 cm³/mol. The summed E-state index contributed by atoms with van der Waals surface area (Å²) in [6.07, 6.45) is 2.57. The van der Waals surface area contributed by atoms with Crippen LogP contribution in [0.1, 0.15) is 41.4 Å². The lowest BCUT2D eigenvalue weighted by molar-refractivity contribution is -0.141. The Hall–Kier alpha value is -5.50. The number of hydrogen-bond donors (Lipinski definition) is 4. The number of nitrogens with one attached hydrogen (secondary N) is 4. The summed E-state index contributed by atoms with van der Waals surface area (Å²) in [6.45, 7) is 2.68. The second kappa shape index (κ2) is 13.6. The van der Waals surface area contributed by atoms with Crippen LogP contribution in [0.25, 0.3) is 16.9 Å². The largest absolute Gasteiger partial charge is 0.435 e. The lowest BCUT2D eigenvalue weighted by Crippen LogP contribution is -2.42. The van der Waals surface area contributed by atoms with Crippen molar-refractivity contribution in [2.75, 3.05) is 25.0 Å². The van der Waals surface area contributed by atoms with Crippen LogP contribution in [0.2, 0.25) is 0 Å². The molecule has 1 aliphatic heterocycles. The molecule has 1 unspecified atom stereocenters. The summed E-state index contributed by atoms with van der Waals surface area (Å²) in [5.41, 5.74) is -0.516. The molecule has 3 aromatic heterocycles. The van der Waals surface area contributed by atoms with Crippen LogP contribution in [0.15, 0.2) is 36.9 Å². The molecule has 0 radical (unpaired) electrons. The molecule has 0 saturated carbocycles. The van der Waals surface area contributed by atoms with E-state index in [9.17, 15) is 27.6 Å². The number of nitrogens with zero attached hydrogens (tertiary/aromatic N) is 6. The second-order valence-electron chi connectivity index (χ2n) is 10.3. The van der Waals surface area contributed by atoms with E-state index in [0.717, 1.165) is 30.3 Å². The number of carbonyl (C=O) groups excluding carboxylic acids is 3. The Bertz CT molecular complexity index is 1810. The zero-order valence-electron chi connectivity index (χ0n) is 24.5. The van der Waals surface area contributed by atoms with Gasteiger partial charge in [-0.2, -0.15) is 23.5 Å². The van der Waals surface area contributed by atoms with E-state index in [4.69, 9.17) is 10.00 Å². The van der Waals surface area contributed by atoms with Crippen molar-refractivity contribution in [3.63, 3.8) is 0 Å². The van der Waals surface area contributed by atoms with Gasteiger partial charge in [-0.15, -0.1) is 0 Å². The van der Waals surface area contributed by atoms with Crippen molar-refractivity contribution in [2.45, 2.75) is 44.9 Å². The third-order valence-electron chi connectivity index (χ3n) is 7.36. The number of benzene rings is 1. The zero-order chi connectivity index (χ0) is 32.8. The predicted octanol–water partition coefficient (Wildman–Crippen LogP) is 2.57. The molecule has 46 heavy (non-hydrogen) atoms. The highest BCUT2D eigenvalue weighted by Gasteiger charge is 2.38. The molecule has 0 spiro atoms. The van der Waals surface area contributed by atoms with Gasteiger partial charge in [0.25, 0.3) is 12.4 Å². The molecule has 1 aromatic carbocycles. The van der Waals surface area contributed by atoms with E-state index in [1.807, 2.05) is 0 Å². The summed E-state index contributed by atoms with van der Waals surface area (Å²) in [5, 5.41) is 24.1. The Kier molecular flexibility index (Phi) is 9.47. The molecular formula is C29H29F3N10O4. The molecule has 1 fully saturated rings. The minimum atomic E-state index is -4.79. The first-order chi connectivity index (χ1) is 22.1. The number of anilines is 2. The summed E-state index contributed by atoms with van der Waals surface area (Å²) in [4.78, 5) is 45.4. The van der Waals surface area contributed by atoms with Crippen LogP contribution in [-0.2, 0) is 28.7 Å². The maximum absolute atomic E-state index is 13.8. The number of amides is 2. The number of fused-ring (bicyclic) bond motifs is 1. The monoisotopic (exact) mass is 638 g/mol. The molecule has 4 aromatic rings. The maximum atomic E-state index is 13.8. The summed E-state index contributed by atoms with van der Waals surface area (Å²) in [6, 6.07) is 4.93. The summed E-state index contributed by atoms with van der Waals surface area (Å²) in [5.74, 6) is -0.769. The molecule has 0 aliphatic carbocycles. The van der Waals surface area contributed by atoms with Crippen LogP contribution in [0.3, 0.4) is 0 Å². The van der Waals surface area contributed by atoms with Gasteiger partial charge in [-0.05, 0) is 37.9 Å². The minimum Gasteiger partial charge on any atom is -0.426 e. The highest BCUT2D eigenvalue weighted by molar-refractivity contribution is 5.99. The Morgan fingerprint density at radius 1 is 1.26 bits per heavy atom. The van der Waals surface area contributed by atoms with Crippen LogP contribution < -0.4 is 26.0 Å². The van der Waals surface area contributed by atoms with E-state index in [1.54, 1.807) is 13.0 Å². The normalized spacial score (nSPS) is 14.5. The van der Waals surface area contributed by atoms with Gasteiger partial charge in [-0.1, -0.05) is 6.92 Å². The van der Waals surface area contributed by atoms with E-state index < -0.39 is 17.8 Å². The van der Waals surface area contributed by atoms with Gasteiger partial charge in [-0.3, -0.25) is 23.5 Å². The van der Waals surface area contributed by atoms with Gasteiger partial charge in [0, 0.05) is 42.3 Å². The first-order valence-electron chi connectivity index (χ1n) is 14.3. The number of rotatable bonds is 12. The summed E-state index contributed by atoms with van der Waals surface area (Å²) in [7, 11) is 0. The van der Waals surface area contributed by atoms with Gasteiger partial charge < -0.3 is 26.0 Å². The van der Waals surface area contributed by atoms with Crippen molar-refractivity contribution in [3.8, 4) is 23.1 Å². The molecule has 4 heterocycles. The Morgan fingerprint density at radius 2 is 2.09 bits per heavy atom. The number of nitriles is 1. The molecule has 2 amide bonds. The van der Waals surface area contributed by atoms with Gasteiger partial charge in [0.15, 0.2) is 22.9 Å². The van der Waals surface area contributed by atoms with Gasteiger partial charge in [0.2, 0.25) is 5.91 Å². The third-order valence-corrected chi connectivity index (χ3v) is 7.36. The highest BCUT2D eigenvalue weighted by atomic mass is 19.4. The fourth-order valence-electron chi connectivity index (χ4n) is 5.26. The van der Waals surface area contributed by atoms with E-state index in [0.29, 0.717) is 12.1 Å². The molecule has 240 valence electrons. The molecule has 5 rings (SSSR count). The fourth-order valence-corrected chi connectivity index (χ4v) is 5.26. The number of hydrogen-bond acceptors (Lipinski definition) is 10. The van der Waals surface area contributed by atoms with Crippen LogP contribution in [0.4, 0.5) is 24.7 Å². The van der Waals surface area contributed by atoms with E-state index >= 15 is 0 Å². The summed E-state index contributed by atoms with van der Waals surface area (Å²) >= 11 is 0. The quantitative estimate of drug-likeness (QED) is 0.169. The number of carbonyl (C=O) groups is 3. The van der Waals surface area contributed by atoms with Crippen molar-refractivity contribution < 1.29 is 32.3 Å². The molecule has 1 atom stereocenters. The number of halogens is 3. The SMILES string of the molecule is CCc1c(C(=O)NCC(=O)NCC2CCCN2)ccc(Nc2nccn3c(-c4cn(CC#N)nc4C(F)(F)F)cnc23)c1OC=O. The van der Waals surface area contributed by atoms with Gasteiger partial charge >= 0.3 is 6.18 Å². The minimum absolute atomic E-state index is 0.0228. The lowest BCUT2D eigenvalue weighted by Gasteiger charge is -2.17. The Morgan fingerprint density at radius 3 is 2.78 bits per heavy atom. The Balaban J connectivity index is 1.41. The van der Waals surface area contributed by atoms with Crippen molar-refractivity contribution in [1.29, 1.82) is 5.26 Å². The number of aromatic nitrogens is 5. The Labute approximate surface area is 260 Å². The standard InChI is InChI=1S/C29H29F3N10O4/c1-2-18-19(28(45)38-14-23(44)36-12-17-4-3-8-34-17)5-6-21(24(18)46-16-43)39-26-27-37-13-22(42(27)11-9-35-26)20-15-41(10-7-33)40-25(20)29(30,31)32/h5-6,9,11,13,15-17,34H,2-4,8,10,12,14H2,1H3,(H,35,39)(H,36,44)(H,38,45). The number of ether oxygens (including phenoxy) is 1. The third kappa shape index (κ3) is 6.76. The van der Waals surface area contributed by atoms with Gasteiger partial charge in [0.05, 0.1) is 35.8 Å². The van der Waals surface area contributed by atoms with Gasteiger partial charge in [0.1, 0.15) is 6.54 Å². The average Bonchev–Trinajstić information content (AvgIpc) is 3.80. The lowest BCUT2D eigenvalue weighted by atomic mass is 10.0. The van der Waals surface area contributed by atoms with Crippen molar-refractivity contribution in [3.05, 3.63) is 53.7 Å². The van der Waals surface area contributed by atoms with Crippen molar-refractivity contribution in [2.24, 2.45) is 0 Å². The molecule has 17 heteroatoms. The van der Waals surface area contributed by atoms with Gasteiger partial charge in [-0.25, -0.2) is 9.97 Å². The van der Waals surface area contributed by atoms with E-state index in [1.165, 1.54) is 35.1 Å². The fraction of sp³-hybridized carbons (Fsp3) is 0.345. The molecule has 1 aliphatic rings. The number of alkyl halides is 3. The molecule has 14 nitrogen and oxygen atoms in total. The number of imidazole rings is 1. The van der Waals surface area contributed by atoms with Crippen LogP contribution >= 0.6 is 0 Å². The smallest absolute Gasteiger partial charge is 0.426 e. The van der Waals surface area contributed by atoms with Crippen LogP contribution in [-0.4, -0.2) is 68.1 Å². The first kappa shape index (κ1) is 31.9. The van der Waals surface area contributed by atoms with E-state index in [2.05, 4.69) is 36.3 Å². The maximum Gasteiger partial charge on any atom is 0.435 e. The van der Waals surface area contributed by atoms with Crippen molar-refractivity contribution in [1.82, 2.24) is 40.1 Å². The summed E-state index contributed by atoms with van der Waals surface area (Å²) < 4.78 is 49.0. The molecular weight excluding hydrogens is 609 g/mol. The second-order valence-corrected chi connectivity index (χ2v) is 10.3. The topological polar surface area (TPSA) is 180 Å². The zero-order valence-corrected chi connectivity index (χ0v) is 24.5. The first-order valence-corrected chi connectivity index (χ1v) is 14.3. The van der Waals surface area contributed by atoms with Crippen LogP contribution in [0, 0.1) is 11.3 Å².